The second-order valence-corrected chi connectivity index (χ2v) is 8.09. The van der Waals surface area contributed by atoms with E-state index in [0.717, 1.165) is 11.5 Å². The fourth-order valence-electron chi connectivity index (χ4n) is 2.97. The average Bonchev–Trinajstić information content (AvgIpc) is 3.17. The monoisotopic (exact) mass is 458 g/mol. The van der Waals surface area contributed by atoms with E-state index in [1.165, 1.54) is 18.7 Å². The minimum Gasteiger partial charge on any atom is -0.495 e. The van der Waals surface area contributed by atoms with Gasteiger partial charge < -0.3 is 10.1 Å². The summed E-state index contributed by atoms with van der Waals surface area (Å²) in [6.45, 7) is 2.04. The second-order valence-electron chi connectivity index (χ2n) is 6.71. The lowest BCUT2D eigenvalue weighted by molar-refractivity contribution is -0.118. The number of nitrogens with one attached hydrogen (secondary N) is 1. The van der Waals surface area contributed by atoms with Gasteiger partial charge in [-0.2, -0.15) is 0 Å². The number of rotatable bonds is 10. The SMILES string of the molecule is COc1ccccc1-n1c(CCCNC(C)=O)nnc1SCC(=O)c1ccc(Cl)cc1. The molecule has 0 saturated heterocycles. The highest BCUT2D eigenvalue weighted by Crippen LogP contribution is 2.29. The van der Waals surface area contributed by atoms with Gasteiger partial charge in [-0.3, -0.25) is 14.2 Å². The van der Waals surface area contributed by atoms with Crippen LogP contribution in [-0.4, -0.2) is 45.9 Å². The van der Waals surface area contributed by atoms with Crippen molar-refractivity contribution in [2.45, 2.75) is 24.9 Å². The molecule has 0 atom stereocenters. The summed E-state index contributed by atoms with van der Waals surface area (Å²) < 4.78 is 7.43. The van der Waals surface area contributed by atoms with E-state index in [4.69, 9.17) is 16.3 Å². The highest BCUT2D eigenvalue weighted by Gasteiger charge is 2.18. The highest BCUT2D eigenvalue weighted by molar-refractivity contribution is 7.99. The minimum absolute atomic E-state index is 0.0246. The van der Waals surface area contributed by atoms with Crippen molar-refractivity contribution < 1.29 is 14.3 Å². The number of benzene rings is 2. The van der Waals surface area contributed by atoms with Crippen LogP contribution >= 0.6 is 23.4 Å². The first-order valence-corrected chi connectivity index (χ1v) is 11.1. The molecular formula is C22H23ClN4O3S. The van der Waals surface area contributed by atoms with Crippen molar-refractivity contribution in [2.24, 2.45) is 0 Å². The van der Waals surface area contributed by atoms with E-state index >= 15 is 0 Å². The number of carbonyl (C=O) groups is 2. The molecule has 0 aliphatic heterocycles. The van der Waals surface area contributed by atoms with Crippen molar-refractivity contribution in [1.29, 1.82) is 0 Å². The molecule has 0 bridgehead atoms. The number of aromatic nitrogens is 3. The van der Waals surface area contributed by atoms with Gasteiger partial charge in [0.2, 0.25) is 5.91 Å². The van der Waals surface area contributed by atoms with Gasteiger partial charge in [-0.05, 0) is 42.8 Å². The Morgan fingerprint density at radius 3 is 2.58 bits per heavy atom. The Morgan fingerprint density at radius 1 is 1.13 bits per heavy atom. The number of nitrogens with zero attached hydrogens (tertiary/aromatic N) is 3. The molecule has 0 fully saturated rings. The van der Waals surface area contributed by atoms with Crippen molar-refractivity contribution in [2.75, 3.05) is 19.4 Å². The lowest BCUT2D eigenvalue weighted by Crippen LogP contribution is -2.21. The van der Waals surface area contributed by atoms with Crippen molar-refractivity contribution in [1.82, 2.24) is 20.1 Å². The van der Waals surface area contributed by atoms with Crippen LogP contribution in [0.4, 0.5) is 0 Å². The van der Waals surface area contributed by atoms with Gasteiger partial charge in [0.1, 0.15) is 11.6 Å². The largest absolute Gasteiger partial charge is 0.495 e. The molecule has 7 nitrogen and oxygen atoms in total. The van der Waals surface area contributed by atoms with Crippen LogP contribution in [0, 0.1) is 0 Å². The molecule has 0 saturated carbocycles. The zero-order valence-electron chi connectivity index (χ0n) is 17.3. The number of para-hydroxylation sites is 2. The van der Waals surface area contributed by atoms with E-state index in [0.29, 0.717) is 40.9 Å². The molecule has 1 aromatic heterocycles. The maximum absolute atomic E-state index is 12.6. The molecule has 0 aliphatic carbocycles. The lowest BCUT2D eigenvalue weighted by Gasteiger charge is -2.13. The Kier molecular flexibility index (Phi) is 8.08. The van der Waals surface area contributed by atoms with E-state index in [9.17, 15) is 9.59 Å². The van der Waals surface area contributed by atoms with Gasteiger partial charge in [0.15, 0.2) is 10.9 Å². The van der Waals surface area contributed by atoms with E-state index in [1.807, 2.05) is 28.8 Å². The number of thioether (sulfide) groups is 1. The fourth-order valence-corrected chi connectivity index (χ4v) is 3.96. The predicted octanol–water partition coefficient (Wildman–Crippen LogP) is 3.97. The Hall–Kier alpha value is -2.84. The molecule has 1 N–H and O–H groups in total. The minimum atomic E-state index is -0.0665. The zero-order chi connectivity index (χ0) is 22.2. The molecule has 3 aromatic rings. The molecule has 9 heteroatoms. The summed E-state index contributed by atoms with van der Waals surface area (Å²) >= 11 is 7.22. The first-order chi connectivity index (χ1) is 15.0. The van der Waals surface area contributed by atoms with E-state index in [-0.39, 0.29) is 17.4 Å². The van der Waals surface area contributed by atoms with Crippen LogP contribution in [0.25, 0.3) is 5.69 Å². The predicted molar refractivity (Wildman–Crippen MR) is 121 cm³/mol. The van der Waals surface area contributed by atoms with Crippen LogP contribution in [0.1, 0.15) is 29.5 Å². The summed E-state index contributed by atoms with van der Waals surface area (Å²) in [5.41, 5.74) is 1.39. The third-order valence-corrected chi connectivity index (χ3v) is 5.66. The van der Waals surface area contributed by atoms with Crippen molar-refractivity contribution in [3.05, 3.63) is 64.9 Å². The summed E-state index contributed by atoms with van der Waals surface area (Å²) in [7, 11) is 1.61. The number of methoxy groups -OCH3 is 1. The van der Waals surface area contributed by atoms with Gasteiger partial charge in [-0.15, -0.1) is 10.2 Å². The smallest absolute Gasteiger partial charge is 0.216 e. The summed E-state index contributed by atoms with van der Waals surface area (Å²) in [4.78, 5) is 23.7. The van der Waals surface area contributed by atoms with E-state index < -0.39 is 0 Å². The van der Waals surface area contributed by atoms with E-state index in [1.54, 1.807) is 31.4 Å². The number of ketones is 1. The third-order valence-electron chi connectivity index (χ3n) is 4.48. The molecule has 0 radical (unpaired) electrons. The number of carbonyl (C=O) groups excluding carboxylic acids is 2. The van der Waals surface area contributed by atoms with Gasteiger partial charge in [0.05, 0.1) is 18.6 Å². The Labute approximate surface area is 190 Å². The number of halogens is 1. The summed E-state index contributed by atoms with van der Waals surface area (Å²) in [5.74, 6) is 1.53. The van der Waals surface area contributed by atoms with Gasteiger partial charge in [0, 0.05) is 30.5 Å². The van der Waals surface area contributed by atoms with Crippen LogP contribution < -0.4 is 10.1 Å². The molecular weight excluding hydrogens is 436 g/mol. The van der Waals surface area contributed by atoms with Crippen molar-refractivity contribution in [3.63, 3.8) is 0 Å². The molecule has 31 heavy (non-hydrogen) atoms. The van der Waals surface area contributed by atoms with Crippen LogP contribution in [0.15, 0.2) is 53.7 Å². The fraction of sp³-hybridized carbons (Fsp3) is 0.273. The first kappa shape index (κ1) is 22.8. The Bertz CT molecular complexity index is 1050. The topological polar surface area (TPSA) is 86.1 Å². The van der Waals surface area contributed by atoms with Crippen molar-refractivity contribution >= 4 is 35.1 Å². The molecule has 2 aromatic carbocycles. The standard InChI is InChI=1S/C22H23ClN4O3S/c1-15(28)24-13-5-8-21-25-26-22(27(21)18-6-3-4-7-20(18)30-2)31-14-19(29)16-9-11-17(23)12-10-16/h3-4,6-7,9-12H,5,8,13-14H2,1-2H3,(H,24,28). The highest BCUT2D eigenvalue weighted by atomic mass is 35.5. The summed E-state index contributed by atoms with van der Waals surface area (Å²) in [6, 6.07) is 14.4. The normalized spacial score (nSPS) is 10.7. The van der Waals surface area contributed by atoms with Crippen LogP contribution in [-0.2, 0) is 11.2 Å². The van der Waals surface area contributed by atoms with Crippen LogP contribution in [0.3, 0.4) is 0 Å². The van der Waals surface area contributed by atoms with Gasteiger partial charge in [-0.25, -0.2) is 0 Å². The maximum Gasteiger partial charge on any atom is 0.216 e. The second kappa shape index (κ2) is 11.0. The van der Waals surface area contributed by atoms with Gasteiger partial charge >= 0.3 is 0 Å². The average molecular weight is 459 g/mol. The number of aryl methyl sites for hydroxylation is 1. The molecule has 162 valence electrons. The molecule has 1 heterocycles. The molecule has 1 amide bonds. The lowest BCUT2D eigenvalue weighted by atomic mass is 10.1. The Morgan fingerprint density at radius 2 is 1.87 bits per heavy atom. The first-order valence-electron chi connectivity index (χ1n) is 9.73. The molecule has 3 rings (SSSR count). The number of Topliss-reactive ketones (excluding diaryl/α,β-unsaturated/α-hetero) is 1. The number of ether oxygens (including phenoxy) is 1. The number of amides is 1. The summed E-state index contributed by atoms with van der Waals surface area (Å²) in [5, 5.41) is 12.6. The van der Waals surface area contributed by atoms with Crippen LogP contribution in [0.2, 0.25) is 5.02 Å². The molecule has 0 aliphatic rings. The zero-order valence-corrected chi connectivity index (χ0v) is 18.9. The molecule has 0 spiro atoms. The van der Waals surface area contributed by atoms with Crippen LogP contribution in [0.5, 0.6) is 5.75 Å². The van der Waals surface area contributed by atoms with Gasteiger partial charge in [-0.1, -0.05) is 35.5 Å². The van der Waals surface area contributed by atoms with Gasteiger partial charge in [0.25, 0.3) is 0 Å². The maximum atomic E-state index is 12.6. The van der Waals surface area contributed by atoms with Crippen molar-refractivity contribution in [3.8, 4) is 11.4 Å². The molecule has 0 unspecified atom stereocenters. The third kappa shape index (κ3) is 6.08. The summed E-state index contributed by atoms with van der Waals surface area (Å²) in [6.07, 6.45) is 1.32. The number of hydrogen-bond acceptors (Lipinski definition) is 6. The van der Waals surface area contributed by atoms with E-state index in [2.05, 4.69) is 15.5 Å². The number of hydrogen-bond donors (Lipinski definition) is 1. The Balaban J connectivity index is 1.82. The quantitative estimate of drug-likeness (QED) is 0.281.